The van der Waals surface area contributed by atoms with E-state index in [4.69, 9.17) is 14.5 Å². The van der Waals surface area contributed by atoms with Gasteiger partial charge in [-0.3, -0.25) is 14.2 Å². The number of nitrogens with zero attached hydrogens (tertiary/aromatic N) is 3. The second kappa shape index (κ2) is 13.1. The third-order valence-electron chi connectivity index (χ3n) is 5.88. The van der Waals surface area contributed by atoms with E-state index in [2.05, 4.69) is 24.1 Å². The molecule has 8 heteroatoms. The molecular weight excluding hydrogens is 456 g/mol. The van der Waals surface area contributed by atoms with E-state index in [1.165, 1.54) is 4.57 Å². The van der Waals surface area contributed by atoms with Crippen LogP contribution in [-0.4, -0.2) is 59.8 Å². The molecule has 0 radical (unpaired) electrons. The molecule has 0 aliphatic heterocycles. The van der Waals surface area contributed by atoms with Crippen molar-refractivity contribution in [3.63, 3.8) is 0 Å². The Kier molecular flexibility index (Phi) is 9.87. The van der Waals surface area contributed by atoms with Crippen molar-refractivity contribution in [2.75, 3.05) is 33.4 Å². The number of hydrogen-bond acceptors (Lipinski definition) is 6. The zero-order valence-corrected chi connectivity index (χ0v) is 22.0. The molecule has 1 amide bonds. The SMILES string of the molecule is CCCN(CC)CCCOc1ccc2nc(-c3cccc(OC)c3)n(CC(=O)NC(C)C)c(=O)c2c1. The second-order valence-electron chi connectivity index (χ2n) is 9.10. The van der Waals surface area contributed by atoms with E-state index in [1.807, 2.05) is 38.1 Å². The molecule has 0 spiro atoms. The van der Waals surface area contributed by atoms with Crippen molar-refractivity contribution in [1.29, 1.82) is 0 Å². The highest BCUT2D eigenvalue weighted by molar-refractivity contribution is 5.83. The van der Waals surface area contributed by atoms with Crippen LogP contribution in [-0.2, 0) is 11.3 Å². The molecule has 1 aromatic heterocycles. The van der Waals surface area contributed by atoms with E-state index >= 15 is 0 Å². The van der Waals surface area contributed by atoms with Gasteiger partial charge in [0.2, 0.25) is 5.91 Å². The minimum Gasteiger partial charge on any atom is -0.497 e. The van der Waals surface area contributed by atoms with Crippen molar-refractivity contribution in [3.8, 4) is 22.9 Å². The second-order valence-corrected chi connectivity index (χ2v) is 9.10. The molecule has 0 saturated carbocycles. The number of aromatic nitrogens is 2. The number of amides is 1. The quantitative estimate of drug-likeness (QED) is 0.360. The number of carbonyl (C=O) groups excluding carboxylic acids is 1. The molecule has 0 bridgehead atoms. The van der Waals surface area contributed by atoms with Crippen LogP contribution in [0.5, 0.6) is 11.5 Å². The smallest absolute Gasteiger partial charge is 0.262 e. The molecular formula is C28H38N4O4. The Morgan fingerprint density at radius 2 is 1.92 bits per heavy atom. The molecule has 0 saturated heterocycles. The summed E-state index contributed by atoms with van der Waals surface area (Å²) in [6.07, 6.45) is 2.03. The van der Waals surface area contributed by atoms with Crippen molar-refractivity contribution in [3.05, 3.63) is 52.8 Å². The first-order valence-corrected chi connectivity index (χ1v) is 12.7. The van der Waals surface area contributed by atoms with Crippen LogP contribution in [0.15, 0.2) is 47.3 Å². The largest absolute Gasteiger partial charge is 0.497 e. The van der Waals surface area contributed by atoms with Crippen LogP contribution in [0.4, 0.5) is 0 Å². The Morgan fingerprint density at radius 3 is 2.61 bits per heavy atom. The van der Waals surface area contributed by atoms with E-state index < -0.39 is 0 Å². The summed E-state index contributed by atoms with van der Waals surface area (Å²) in [6, 6.07) is 12.6. The molecule has 0 fully saturated rings. The van der Waals surface area contributed by atoms with Gasteiger partial charge in [0.05, 0.1) is 24.6 Å². The van der Waals surface area contributed by atoms with E-state index in [0.29, 0.717) is 40.4 Å². The molecule has 2 aromatic carbocycles. The summed E-state index contributed by atoms with van der Waals surface area (Å²) in [5, 5.41) is 3.27. The fourth-order valence-corrected chi connectivity index (χ4v) is 4.15. The van der Waals surface area contributed by atoms with Gasteiger partial charge in [-0.25, -0.2) is 4.98 Å². The molecule has 1 N–H and O–H groups in total. The number of benzene rings is 2. The van der Waals surface area contributed by atoms with Gasteiger partial charge in [0.15, 0.2) is 0 Å². The number of ether oxygens (including phenoxy) is 2. The fourth-order valence-electron chi connectivity index (χ4n) is 4.15. The summed E-state index contributed by atoms with van der Waals surface area (Å²) in [4.78, 5) is 33.4. The lowest BCUT2D eigenvalue weighted by atomic mass is 10.1. The van der Waals surface area contributed by atoms with Crippen molar-refractivity contribution in [2.24, 2.45) is 0 Å². The van der Waals surface area contributed by atoms with Crippen molar-refractivity contribution < 1.29 is 14.3 Å². The standard InChI is InChI=1S/C28H38N4O4/c1-6-14-31(7-2)15-9-16-36-23-12-13-25-24(18-23)28(34)32(19-26(33)29-20(3)4)27(30-25)21-10-8-11-22(17-21)35-5/h8,10-13,17-18,20H,6-7,9,14-16,19H2,1-5H3,(H,29,33). The number of hydrogen-bond donors (Lipinski definition) is 1. The number of carbonyl (C=O) groups is 1. The summed E-state index contributed by atoms with van der Waals surface area (Å²) in [7, 11) is 1.58. The van der Waals surface area contributed by atoms with Gasteiger partial charge in [-0.2, -0.15) is 0 Å². The summed E-state index contributed by atoms with van der Waals surface area (Å²) in [6.45, 7) is 11.6. The van der Waals surface area contributed by atoms with Crippen LogP contribution in [0.1, 0.15) is 40.5 Å². The first-order chi connectivity index (χ1) is 17.4. The predicted molar refractivity (Wildman–Crippen MR) is 144 cm³/mol. The zero-order valence-electron chi connectivity index (χ0n) is 22.0. The third kappa shape index (κ3) is 7.07. The van der Waals surface area contributed by atoms with Gasteiger partial charge >= 0.3 is 0 Å². The van der Waals surface area contributed by atoms with Gasteiger partial charge in [-0.05, 0) is 70.1 Å². The molecule has 8 nitrogen and oxygen atoms in total. The Morgan fingerprint density at radius 1 is 1.11 bits per heavy atom. The zero-order chi connectivity index (χ0) is 26.1. The Labute approximate surface area is 213 Å². The molecule has 36 heavy (non-hydrogen) atoms. The van der Waals surface area contributed by atoms with Gasteiger partial charge in [0, 0.05) is 18.2 Å². The van der Waals surface area contributed by atoms with Gasteiger partial charge in [-0.1, -0.05) is 26.0 Å². The lowest BCUT2D eigenvalue weighted by Crippen LogP contribution is -2.37. The number of fused-ring (bicyclic) bond motifs is 1. The van der Waals surface area contributed by atoms with Gasteiger partial charge in [0.1, 0.15) is 23.9 Å². The summed E-state index contributed by atoms with van der Waals surface area (Å²) >= 11 is 0. The van der Waals surface area contributed by atoms with Crippen LogP contribution in [0.25, 0.3) is 22.3 Å². The summed E-state index contributed by atoms with van der Waals surface area (Å²) < 4.78 is 12.7. The van der Waals surface area contributed by atoms with Crippen LogP contribution in [0.2, 0.25) is 0 Å². The molecule has 3 aromatic rings. The van der Waals surface area contributed by atoms with Crippen molar-refractivity contribution in [2.45, 2.75) is 53.1 Å². The Bertz CT molecular complexity index is 1220. The molecule has 0 atom stereocenters. The summed E-state index contributed by atoms with van der Waals surface area (Å²) in [5.41, 5.74) is 0.951. The van der Waals surface area contributed by atoms with Crippen LogP contribution >= 0.6 is 0 Å². The van der Waals surface area contributed by atoms with Crippen LogP contribution in [0.3, 0.4) is 0 Å². The average Bonchev–Trinajstić information content (AvgIpc) is 2.87. The maximum Gasteiger partial charge on any atom is 0.262 e. The third-order valence-corrected chi connectivity index (χ3v) is 5.88. The number of methoxy groups -OCH3 is 1. The minimum absolute atomic E-state index is 0.0390. The highest BCUT2D eigenvalue weighted by atomic mass is 16.5. The van der Waals surface area contributed by atoms with Gasteiger partial charge in [-0.15, -0.1) is 0 Å². The Hall–Kier alpha value is -3.39. The average molecular weight is 495 g/mol. The maximum atomic E-state index is 13.6. The molecule has 1 heterocycles. The summed E-state index contributed by atoms with van der Waals surface area (Å²) in [5.74, 6) is 1.42. The van der Waals surface area contributed by atoms with E-state index in [9.17, 15) is 9.59 Å². The van der Waals surface area contributed by atoms with Crippen molar-refractivity contribution >= 4 is 16.8 Å². The van der Waals surface area contributed by atoms with Crippen molar-refractivity contribution in [1.82, 2.24) is 19.8 Å². The first kappa shape index (κ1) is 27.2. The maximum absolute atomic E-state index is 13.6. The predicted octanol–water partition coefficient (Wildman–Crippen LogP) is 4.10. The fraction of sp³-hybridized carbons (Fsp3) is 0.464. The lowest BCUT2D eigenvalue weighted by molar-refractivity contribution is -0.122. The Balaban J connectivity index is 1.93. The monoisotopic (exact) mass is 494 g/mol. The van der Waals surface area contributed by atoms with Gasteiger partial charge < -0.3 is 19.7 Å². The normalized spacial score (nSPS) is 11.3. The van der Waals surface area contributed by atoms with Crippen LogP contribution < -0.4 is 20.3 Å². The van der Waals surface area contributed by atoms with Gasteiger partial charge in [0.25, 0.3) is 5.56 Å². The lowest BCUT2D eigenvalue weighted by Gasteiger charge is -2.19. The topological polar surface area (TPSA) is 85.7 Å². The molecule has 0 aliphatic carbocycles. The first-order valence-electron chi connectivity index (χ1n) is 12.7. The molecule has 0 aliphatic rings. The van der Waals surface area contributed by atoms with E-state index in [1.54, 1.807) is 25.3 Å². The molecule has 0 unspecified atom stereocenters. The molecule has 194 valence electrons. The minimum atomic E-state index is -0.290. The van der Waals surface area contributed by atoms with E-state index in [0.717, 1.165) is 32.5 Å². The number of nitrogens with one attached hydrogen (secondary N) is 1. The highest BCUT2D eigenvalue weighted by Gasteiger charge is 2.17. The molecule has 3 rings (SSSR count). The highest BCUT2D eigenvalue weighted by Crippen LogP contribution is 2.25. The van der Waals surface area contributed by atoms with E-state index in [-0.39, 0.29) is 24.1 Å². The number of rotatable bonds is 13. The van der Waals surface area contributed by atoms with Crippen LogP contribution in [0, 0.1) is 0 Å².